The van der Waals surface area contributed by atoms with E-state index in [1.165, 1.54) is 7.11 Å². The highest BCUT2D eigenvalue weighted by molar-refractivity contribution is 5.80. The number of hydrogen-bond acceptors (Lipinski definition) is 5. The topological polar surface area (TPSA) is 96.1 Å². The first-order valence-corrected chi connectivity index (χ1v) is 9.37. The number of methoxy groups -OCH3 is 1. The third-order valence-electron chi connectivity index (χ3n) is 4.60. The van der Waals surface area contributed by atoms with E-state index in [-0.39, 0.29) is 12.1 Å². The number of pyridine rings is 1. The lowest BCUT2D eigenvalue weighted by molar-refractivity contribution is 0.111. The molecule has 2 aromatic heterocycles. The highest BCUT2D eigenvalue weighted by Gasteiger charge is 2.23. The van der Waals surface area contributed by atoms with Crippen molar-refractivity contribution in [3.05, 3.63) is 30.2 Å². The molecule has 1 fully saturated rings. The first kappa shape index (κ1) is 18.9. The van der Waals surface area contributed by atoms with Gasteiger partial charge in [0.25, 0.3) is 0 Å². The van der Waals surface area contributed by atoms with Gasteiger partial charge in [0.1, 0.15) is 5.82 Å². The highest BCUT2D eigenvalue weighted by atomic mass is 16.5. The number of guanidine groups is 1. The van der Waals surface area contributed by atoms with E-state index in [1.54, 1.807) is 4.90 Å². The molecule has 0 atom stereocenters. The second-order valence-electron chi connectivity index (χ2n) is 6.43. The molecule has 9 heteroatoms. The van der Waals surface area contributed by atoms with Gasteiger partial charge in [0.15, 0.2) is 11.6 Å². The Morgan fingerprint density at radius 3 is 2.89 bits per heavy atom. The van der Waals surface area contributed by atoms with Crippen LogP contribution in [-0.4, -0.2) is 70.9 Å². The van der Waals surface area contributed by atoms with Crippen LogP contribution in [0, 0.1) is 0 Å². The Morgan fingerprint density at radius 2 is 2.15 bits per heavy atom. The van der Waals surface area contributed by atoms with Gasteiger partial charge in [-0.1, -0.05) is 6.07 Å². The van der Waals surface area contributed by atoms with Gasteiger partial charge in [0, 0.05) is 44.8 Å². The van der Waals surface area contributed by atoms with Crippen LogP contribution in [0.25, 0.3) is 5.65 Å². The normalized spacial score (nSPS) is 15.8. The number of nitrogens with one attached hydrogen (secondary N) is 2. The van der Waals surface area contributed by atoms with Crippen molar-refractivity contribution in [3.63, 3.8) is 0 Å². The van der Waals surface area contributed by atoms with Gasteiger partial charge in [-0.25, -0.2) is 4.79 Å². The van der Waals surface area contributed by atoms with E-state index in [2.05, 4.69) is 25.8 Å². The summed E-state index contributed by atoms with van der Waals surface area (Å²) in [5, 5.41) is 15.2. The van der Waals surface area contributed by atoms with E-state index in [4.69, 9.17) is 4.74 Å². The summed E-state index contributed by atoms with van der Waals surface area (Å²) in [6.07, 6.45) is 4.16. The summed E-state index contributed by atoms with van der Waals surface area (Å²) in [4.78, 5) is 18.0. The number of ether oxygens (including phenoxy) is 1. The summed E-state index contributed by atoms with van der Waals surface area (Å²) < 4.78 is 6.77. The third kappa shape index (κ3) is 4.87. The van der Waals surface area contributed by atoms with Crippen LogP contribution >= 0.6 is 0 Å². The first-order valence-electron chi connectivity index (χ1n) is 9.37. The number of carbonyl (C=O) groups excluding carboxylic acids is 1. The zero-order chi connectivity index (χ0) is 19.1. The molecule has 0 aromatic carbocycles. The maximum Gasteiger partial charge on any atom is 0.409 e. The minimum Gasteiger partial charge on any atom is -0.453 e. The van der Waals surface area contributed by atoms with Crippen molar-refractivity contribution >= 4 is 17.7 Å². The quantitative estimate of drug-likeness (QED) is 0.601. The number of fused-ring (bicyclic) bond motifs is 1. The molecule has 0 unspecified atom stereocenters. The van der Waals surface area contributed by atoms with E-state index >= 15 is 0 Å². The fraction of sp³-hybridized carbons (Fsp3) is 0.556. The molecule has 1 aliphatic heterocycles. The molecule has 1 saturated heterocycles. The van der Waals surface area contributed by atoms with Crippen molar-refractivity contribution < 1.29 is 9.53 Å². The van der Waals surface area contributed by atoms with Gasteiger partial charge >= 0.3 is 6.09 Å². The minimum absolute atomic E-state index is 0.255. The fourth-order valence-corrected chi connectivity index (χ4v) is 3.18. The molecule has 1 aliphatic rings. The van der Waals surface area contributed by atoms with Crippen LogP contribution in [0.15, 0.2) is 29.4 Å². The zero-order valence-electron chi connectivity index (χ0n) is 15.9. The summed E-state index contributed by atoms with van der Waals surface area (Å²) in [6.45, 7) is 4.83. The Morgan fingerprint density at radius 1 is 1.33 bits per heavy atom. The first-order chi connectivity index (χ1) is 13.2. The van der Waals surface area contributed by atoms with Crippen LogP contribution in [0.3, 0.4) is 0 Å². The Hall–Kier alpha value is -2.84. The van der Waals surface area contributed by atoms with Crippen LogP contribution in [0.4, 0.5) is 4.79 Å². The summed E-state index contributed by atoms with van der Waals surface area (Å²) >= 11 is 0. The number of likely N-dealkylation sites (tertiary alicyclic amines) is 1. The monoisotopic (exact) mass is 373 g/mol. The average Bonchev–Trinajstić information content (AvgIpc) is 3.11. The zero-order valence-corrected chi connectivity index (χ0v) is 15.9. The second-order valence-corrected chi connectivity index (χ2v) is 6.43. The number of nitrogens with zero attached hydrogens (tertiary/aromatic N) is 5. The van der Waals surface area contributed by atoms with Gasteiger partial charge in [0.05, 0.1) is 7.11 Å². The predicted molar refractivity (Wildman–Crippen MR) is 103 cm³/mol. The second kappa shape index (κ2) is 9.20. The number of amides is 1. The number of aliphatic imine (C=N–C) groups is 1. The van der Waals surface area contributed by atoms with Gasteiger partial charge in [-0.15, -0.1) is 10.2 Å². The van der Waals surface area contributed by atoms with Crippen molar-refractivity contribution in [2.75, 3.05) is 33.3 Å². The van der Waals surface area contributed by atoms with Crippen molar-refractivity contribution in [2.24, 2.45) is 4.99 Å². The van der Waals surface area contributed by atoms with Gasteiger partial charge in [0.2, 0.25) is 0 Å². The Bertz CT molecular complexity index is 781. The molecule has 3 rings (SSSR count). The van der Waals surface area contributed by atoms with Gasteiger partial charge in [-0.05, 0) is 31.9 Å². The SMILES string of the molecule is CCNC(=NCCc1nnc2ccccn12)NC1CCN(C(=O)OC)CC1. The van der Waals surface area contributed by atoms with E-state index in [0.29, 0.717) is 26.1 Å². The maximum atomic E-state index is 11.6. The summed E-state index contributed by atoms with van der Waals surface area (Å²) in [5.74, 6) is 1.69. The molecule has 0 spiro atoms. The lowest BCUT2D eigenvalue weighted by Crippen LogP contribution is -2.49. The Labute approximate surface area is 158 Å². The Kier molecular flexibility index (Phi) is 6.45. The molecule has 9 nitrogen and oxygen atoms in total. The molecule has 2 N–H and O–H groups in total. The number of aromatic nitrogens is 3. The standard InChI is InChI=1S/C18H27N7O2/c1-3-19-17(21-14-8-12-24(13-9-14)18(26)27-2)20-10-7-16-23-22-15-6-4-5-11-25(15)16/h4-6,11,14H,3,7-10,12-13H2,1-2H3,(H2,19,20,21). The molecule has 2 aromatic rings. The van der Waals surface area contributed by atoms with E-state index < -0.39 is 0 Å². The van der Waals surface area contributed by atoms with E-state index in [1.807, 2.05) is 35.7 Å². The fourth-order valence-electron chi connectivity index (χ4n) is 3.18. The van der Waals surface area contributed by atoms with Crippen molar-refractivity contribution in [3.8, 4) is 0 Å². The average molecular weight is 373 g/mol. The van der Waals surface area contributed by atoms with Gasteiger partial charge < -0.3 is 20.3 Å². The minimum atomic E-state index is -0.255. The van der Waals surface area contributed by atoms with Crippen LogP contribution in [0.5, 0.6) is 0 Å². The third-order valence-corrected chi connectivity index (χ3v) is 4.60. The van der Waals surface area contributed by atoms with E-state index in [9.17, 15) is 4.79 Å². The summed E-state index contributed by atoms with van der Waals surface area (Å²) in [5.41, 5.74) is 0.846. The van der Waals surface area contributed by atoms with Gasteiger partial charge in [-0.3, -0.25) is 9.39 Å². The Balaban J connectivity index is 1.53. The number of carbonyl (C=O) groups is 1. The molecular weight excluding hydrogens is 346 g/mol. The molecule has 146 valence electrons. The van der Waals surface area contributed by atoms with Crippen molar-refractivity contribution in [2.45, 2.75) is 32.2 Å². The largest absolute Gasteiger partial charge is 0.453 e. The molecule has 3 heterocycles. The molecule has 0 saturated carbocycles. The maximum absolute atomic E-state index is 11.6. The van der Waals surface area contributed by atoms with Crippen molar-refractivity contribution in [1.82, 2.24) is 30.1 Å². The van der Waals surface area contributed by atoms with Crippen LogP contribution in [0.1, 0.15) is 25.6 Å². The van der Waals surface area contributed by atoms with Crippen LogP contribution in [0.2, 0.25) is 0 Å². The molecule has 0 bridgehead atoms. The van der Waals surface area contributed by atoms with E-state index in [0.717, 1.165) is 36.8 Å². The lowest BCUT2D eigenvalue weighted by Gasteiger charge is -2.32. The van der Waals surface area contributed by atoms with Crippen LogP contribution in [-0.2, 0) is 11.2 Å². The predicted octanol–water partition coefficient (Wildman–Crippen LogP) is 1.06. The van der Waals surface area contributed by atoms with Crippen LogP contribution < -0.4 is 10.6 Å². The number of rotatable bonds is 5. The highest BCUT2D eigenvalue weighted by Crippen LogP contribution is 2.11. The number of hydrogen-bond donors (Lipinski definition) is 2. The summed E-state index contributed by atoms with van der Waals surface area (Å²) in [6, 6.07) is 6.14. The molecule has 0 aliphatic carbocycles. The molecular formula is C18H27N7O2. The molecule has 1 amide bonds. The van der Waals surface area contributed by atoms with Crippen molar-refractivity contribution in [1.29, 1.82) is 0 Å². The molecule has 0 radical (unpaired) electrons. The smallest absolute Gasteiger partial charge is 0.409 e. The van der Waals surface area contributed by atoms with Gasteiger partial charge in [-0.2, -0.15) is 0 Å². The molecule has 27 heavy (non-hydrogen) atoms. The number of piperidine rings is 1. The lowest BCUT2D eigenvalue weighted by atomic mass is 10.1. The summed E-state index contributed by atoms with van der Waals surface area (Å²) in [7, 11) is 1.42.